The second kappa shape index (κ2) is 7.55. The maximum absolute atomic E-state index is 13.3. The van der Waals surface area contributed by atoms with E-state index >= 15 is 0 Å². The Balaban J connectivity index is 1.42. The quantitative estimate of drug-likeness (QED) is 0.522. The molecule has 0 bridgehead atoms. The minimum atomic E-state index is -0.353. The van der Waals surface area contributed by atoms with E-state index in [0.29, 0.717) is 23.6 Å². The Kier molecular flexibility index (Phi) is 4.80. The highest BCUT2D eigenvalue weighted by Gasteiger charge is 2.08. The highest BCUT2D eigenvalue weighted by molar-refractivity contribution is 7.16. The standard InChI is InChI=1S/C21H15FN2O2S/c22-16-4-2-6-18(11-16)26-17-5-1-3-14(9-17)12-23-21(25)15-7-8-19-20(10-15)27-13-24-19/h1-11,13H,12H2,(H,23,25). The van der Waals surface area contributed by atoms with Gasteiger partial charge in [0.05, 0.1) is 15.7 Å². The third-order valence-electron chi connectivity index (χ3n) is 3.98. The summed E-state index contributed by atoms with van der Waals surface area (Å²) in [7, 11) is 0. The lowest BCUT2D eigenvalue weighted by atomic mass is 10.2. The molecule has 0 aliphatic carbocycles. The van der Waals surface area contributed by atoms with E-state index in [9.17, 15) is 9.18 Å². The first kappa shape index (κ1) is 17.2. The predicted octanol–water partition coefficient (Wildman–Crippen LogP) is 5.16. The lowest BCUT2D eigenvalue weighted by Gasteiger charge is -2.09. The summed E-state index contributed by atoms with van der Waals surface area (Å²) < 4.78 is 19.9. The van der Waals surface area contributed by atoms with Gasteiger partial charge in [-0.15, -0.1) is 11.3 Å². The molecule has 0 aliphatic heterocycles. The van der Waals surface area contributed by atoms with Crippen molar-refractivity contribution in [3.63, 3.8) is 0 Å². The first-order chi connectivity index (χ1) is 13.2. The average molecular weight is 378 g/mol. The van der Waals surface area contributed by atoms with Gasteiger partial charge >= 0.3 is 0 Å². The van der Waals surface area contributed by atoms with Crippen LogP contribution in [0.15, 0.2) is 72.2 Å². The molecule has 27 heavy (non-hydrogen) atoms. The zero-order valence-electron chi connectivity index (χ0n) is 14.2. The summed E-state index contributed by atoms with van der Waals surface area (Å²) in [5.41, 5.74) is 4.13. The fourth-order valence-electron chi connectivity index (χ4n) is 2.67. The highest BCUT2D eigenvalue weighted by atomic mass is 32.1. The van der Waals surface area contributed by atoms with Gasteiger partial charge in [0.2, 0.25) is 0 Å². The Morgan fingerprint density at radius 2 is 1.85 bits per heavy atom. The summed E-state index contributed by atoms with van der Waals surface area (Å²) in [6.07, 6.45) is 0. The fraction of sp³-hybridized carbons (Fsp3) is 0.0476. The van der Waals surface area contributed by atoms with Crippen molar-refractivity contribution >= 4 is 27.5 Å². The third kappa shape index (κ3) is 4.12. The van der Waals surface area contributed by atoms with E-state index in [1.807, 2.05) is 30.3 Å². The van der Waals surface area contributed by atoms with E-state index in [4.69, 9.17) is 4.74 Å². The molecule has 1 amide bonds. The second-order valence-corrected chi connectivity index (χ2v) is 6.81. The number of amides is 1. The lowest BCUT2D eigenvalue weighted by molar-refractivity contribution is 0.0951. The number of carbonyl (C=O) groups is 1. The Morgan fingerprint density at radius 1 is 1.04 bits per heavy atom. The number of thiazole rings is 1. The topological polar surface area (TPSA) is 51.2 Å². The van der Waals surface area contributed by atoms with Gasteiger partial charge in [-0.05, 0) is 48.0 Å². The van der Waals surface area contributed by atoms with E-state index in [0.717, 1.165) is 15.8 Å². The number of hydrogen-bond acceptors (Lipinski definition) is 4. The molecule has 0 saturated carbocycles. The van der Waals surface area contributed by atoms with Crippen LogP contribution in [0.2, 0.25) is 0 Å². The number of benzene rings is 3. The number of carbonyl (C=O) groups excluding carboxylic acids is 1. The molecule has 1 aromatic heterocycles. The Bertz CT molecular complexity index is 1110. The van der Waals surface area contributed by atoms with Crippen LogP contribution in [-0.4, -0.2) is 10.9 Å². The van der Waals surface area contributed by atoms with Gasteiger partial charge in [0.1, 0.15) is 17.3 Å². The van der Waals surface area contributed by atoms with Crippen LogP contribution in [0.4, 0.5) is 4.39 Å². The molecule has 1 heterocycles. The summed E-state index contributed by atoms with van der Waals surface area (Å²) in [5, 5.41) is 2.90. The molecule has 4 rings (SSSR count). The number of nitrogens with zero attached hydrogens (tertiary/aromatic N) is 1. The summed E-state index contributed by atoms with van der Waals surface area (Å²) in [6.45, 7) is 0.361. The van der Waals surface area contributed by atoms with Crippen LogP contribution >= 0.6 is 11.3 Å². The van der Waals surface area contributed by atoms with E-state index in [2.05, 4.69) is 10.3 Å². The molecule has 1 N–H and O–H groups in total. The van der Waals surface area contributed by atoms with Crippen LogP contribution < -0.4 is 10.1 Å². The van der Waals surface area contributed by atoms with Gasteiger partial charge in [0, 0.05) is 18.2 Å². The van der Waals surface area contributed by atoms with E-state index < -0.39 is 0 Å². The molecule has 3 aromatic carbocycles. The SMILES string of the molecule is O=C(NCc1cccc(Oc2cccc(F)c2)c1)c1ccc2ncsc2c1. The van der Waals surface area contributed by atoms with Crippen LogP contribution in [0.5, 0.6) is 11.5 Å². The molecular formula is C21H15FN2O2S. The monoisotopic (exact) mass is 378 g/mol. The van der Waals surface area contributed by atoms with Crippen molar-refractivity contribution in [1.82, 2.24) is 10.3 Å². The van der Waals surface area contributed by atoms with Gasteiger partial charge < -0.3 is 10.1 Å². The fourth-order valence-corrected chi connectivity index (χ4v) is 3.38. The molecule has 4 nitrogen and oxygen atoms in total. The van der Waals surface area contributed by atoms with Crippen LogP contribution in [0.3, 0.4) is 0 Å². The van der Waals surface area contributed by atoms with Gasteiger partial charge in [-0.2, -0.15) is 0 Å². The molecule has 0 atom stereocenters. The largest absolute Gasteiger partial charge is 0.457 e. The minimum Gasteiger partial charge on any atom is -0.457 e. The van der Waals surface area contributed by atoms with Crippen molar-refractivity contribution in [2.75, 3.05) is 0 Å². The van der Waals surface area contributed by atoms with E-state index in [1.54, 1.807) is 29.8 Å². The number of rotatable bonds is 5. The molecule has 0 saturated heterocycles. The molecular weight excluding hydrogens is 363 g/mol. The maximum Gasteiger partial charge on any atom is 0.251 e. The Labute approximate surface area is 159 Å². The molecule has 0 aliphatic rings. The van der Waals surface area contributed by atoms with E-state index in [1.165, 1.54) is 23.5 Å². The van der Waals surface area contributed by atoms with Crippen LogP contribution in [-0.2, 0) is 6.54 Å². The van der Waals surface area contributed by atoms with Gasteiger partial charge in [0.15, 0.2) is 0 Å². The second-order valence-electron chi connectivity index (χ2n) is 5.92. The van der Waals surface area contributed by atoms with Crippen molar-refractivity contribution in [3.8, 4) is 11.5 Å². The molecule has 0 unspecified atom stereocenters. The van der Waals surface area contributed by atoms with Crippen LogP contribution in [0.1, 0.15) is 15.9 Å². The number of nitrogens with one attached hydrogen (secondary N) is 1. The summed E-state index contributed by atoms with van der Waals surface area (Å²) in [5.74, 6) is 0.503. The highest BCUT2D eigenvalue weighted by Crippen LogP contribution is 2.23. The van der Waals surface area contributed by atoms with Crippen LogP contribution in [0, 0.1) is 5.82 Å². The van der Waals surface area contributed by atoms with Gasteiger partial charge in [-0.3, -0.25) is 4.79 Å². The molecule has 6 heteroatoms. The molecule has 0 radical (unpaired) electrons. The Morgan fingerprint density at radius 3 is 2.70 bits per heavy atom. The third-order valence-corrected chi connectivity index (χ3v) is 4.77. The first-order valence-electron chi connectivity index (χ1n) is 8.31. The average Bonchev–Trinajstić information content (AvgIpc) is 3.14. The molecule has 4 aromatic rings. The van der Waals surface area contributed by atoms with Crippen molar-refractivity contribution < 1.29 is 13.9 Å². The minimum absolute atomic E-state index is 0.151. The van der Waals surface area contributed by atoms with Crippen molar-refractivity contribution in [2.45, 2.75) is 6.54 Å². The molecule has 0 fully saturated rings. The molecule has 0 spiro atoms. The first-order valence-corrected chi connectivity index (χ1v) is 9.19. The Hall–Kier alpha value is -3.25. The van der Waals surface area contributed by atoms with Gasteiger partial charge in [0.25, 0.3) is 5.91 Å². The zero-order valence-corrected chi connectivity index (χ0v) is 15.0. The lowest BCUT2D eigenvalue weighted by Crippen LogP contribution is -2.22. The summed E-state index contributed by atoms with van der Waals surface area (Å²) in [4.78, 5) is 16.6. The number of aromatic nitrogens is 1. The predicted molar refractivity (Wildman–Crippen MR) is 104 cm³/mol. The van der Waals surface area contributed by atoms with Gasteiger partial charge in [-0.25, -0.2) is 9.37 Å². The number of halogens is 1. The van der Waals surface area contributed by atoms with Crippen LogP contribution in [0.25, 0.3) is 10.2 Å². The zero-order chi connectivity index (χ0) is 18.6. The van der Waals surface area contributed by atoms with Crippen molar-refractivity contribution in [1.29, 1.82) is 0 Å². The number of fused-ring (bicyclic) bond motifs is 1. The normalized spacial score (nSPS) is 10.7. The number of hydrogen-bond donors (Lipinski definition) is 1. The van der Waals surface area contributed by atoms with E-state index in [-0.39, 0.29) is 11.7 Å². The van der Waals surface area contributed by atoms with Crippen molar-refractivity contribution in [2.24, 2.45) is 0 Å². The summed E-state index contributed by atoms with van der Waals surface area (Å²) in [6, 6.07) is 18.7. The summed E-state index contributed by atoms with van der Waals surface area (Å²) >= 11 is 1.50. The van der Waals surface area contributed by atoms with Gasteiger partial charge in [-0.1, -0.05) is 18.2 Å². The molecule has 134 valence electrons. The maximum atomic E-state index is 13.3. The smallest absolute Gasteiger partial charge is 0.251 e. The van der Waals surface area contributed by atoms with Crippen molar-refractivity contribution in [3.05, 3.63) is 89.2 Å². The number of ether oxygens (including phenoxy) is 1.